The molecule has 2 heterocycles. The monoisotopic (exact) mass is 402 g/mol. The smallest absolute Gasteiger partial charge is 0.293 e. The molecule has 0 bridgehead atoms. The molecule has 158 valence electrons. The summed E-state index contributed by atoms with van der Waals surface area (Å²) in [6.07, 6.45) is 5.51. The lowest BCUT2D eigenvalue weighted by molar-refractivity contribution is -0.384. The Morgan fingerprint density at radius 3 is 2.66 bits per heavy atom. The van der Waals surface area contributed by atoms with Crippen molar-refractivity contribution in [2.75, 3.05) is 37.6 Å². The van der Waals surface area contributed by atoms with Gasteiger partial charge in [-0.25, -0.2) is 0 Å². The quantitative estimate of drug-likeness (QED) is 0.430. The zero-order valence-electron chi connectivity index (χ0n) is 17.1. The summed E-state index contributed by atoms with van der Waals surface area (Å²) in [6.45, 7) is 5.26. The van der Waals surface area contributed by atoms with Crippen molar-refractivity contribution in [1.29, 1.82) is 0 Å². The Morgan fingerprint density at radius 1 is 1.21 bits per heavy atom. The highest BCUT2D eigenvalue weighted by molar-refractivity contribution is 5.96. The molecule has 3 rings (SSSR count). The molecule has 1 atom stereocenters. The first-order valence-electron chi connectivity index (χ1n) is 10.6. The molecule has 1 aromatic carbocycles. The second-order valence-corrected chi connectivity index (χ2v) is 7.89. The van der Waals surface area contributed by atoms with Gasteiger partial charge in [-0.05, 0) is 44.2 Å². The second-order valence-electron chi connectivity index (χ2n) is 7.89. The number of piperidine rings is 1. The van der Waals surface area contributed by atoms with Gasteiger partial charge in [-0.1, -0.05) is 13.3 Å². The predicted molar refractivity (Wildman–Crippen MR) is 111 cm³/mol. The summed E-state index contributed by atoms with van der Waals surface area (Å²) in [5, 5.41) is 14.5. The van der Waals surface area contributed by atoms with Crippen LogP contribution in [0.3, 0.4) is 0 Å². The number of hydrogen-bond acceptors (Lipinski definition) is 5. The van der Waals surface area contributed by atoms with Crippen molar-refractivity contribution in [2.24, 2.45) is 5.92 Å². The number of benzene rings is 1. The van der Waals surface area contributed by atoms with Crippen molar-refractivity contribution >= 4 is 23.2 Å². The van der Waals surface area contributed by atoms with Gasteiger partial charge in [-0.2, -0.15) is 0 Å². The van der Waals surface area contributed by atoms with E-state index in [0.29, 0.717) is 30.9 Å². The molecule has 2 aliphatic rings. The van der Waals surface area contributed by atoms with Gasteiger partial charge in [-0.3, -0.25) is 19.7 Å². The van der Waals surface area contributed by atoms with Crippen molar-refractivity contribution in [1.82, 2.24) is 10.2 Å². The number of hydrogen-bond donors (Lipinski definition) is 1. The van der Waals surface area contributed by atoms with E-state index in [9.17, 15) is 19.7 Å². The van der Waals surface area contributed by atoms with Crippen LogP contribution in [0.25, 0.3) is 0 Å². The first kappa shape index (κ1) is 21.1. The van der Waals surface area contributed by atoms with Crippen molar-refractivity contribution in [3.63, 3.8) is 0 Å². The maximum absolute atomic E-state index is 13.0. The lowest BCUT2D eigenvalue weighted by atomic mass is 9.96. The molecule has 8 nitrogen and oxygen atoms in total. The summed E-state index contributed by atoms with van der Waals surface area (Å²) in [6, 6.07) is 4.75. The maximum Gasteiger partial charge on any atom is 0.293 e. The zero-order chi connectivity index (χ0) is 20.8. The van der Waals surface area contributed by atoms with E-state index in [0.717, 1.165) is 51.6 Å². The van der Waals surface area contributed by atoms with E-state index in [-0.39, 0.29) is 23.4 Å². The molecule has 1 aromatic rings. The van der Waals surface area contributed by atoms with Crippen LogP contribution in [-0.4, -0.2) is 54.4 Å². The molecule has 0 saturated carbocycles. The Morgan fingerprint density at radius 2 is 1.97 bits per heavy atom. The largest absolute Gasteiger partial charge is 0.366 e. The average Bonchev–Trinajstić information content (AvgIpc) is 3.27. The van der Waals surface area contributed by atoms with E-state index in [4.69, 9.17) is 0 Å². The fourth-order valence-electron chi connectivity index (χ4n) is 4.12. The molecule has 2 saturated heterocycles. The van der Waals surface area contributed by atoms with Crippen molar-refractivity contribution in [3.05, 3.63) is 33.9 Å². The number of rotatable bonds is 7. The number of unbranched alkanes of at least 4 members (excludes halogenated alkanes) is 1. The van der Waals surface area contributed by atoms with E-state index in [2.05, 4.69) is 12.2 Å². The molecule has 0 aliphatic carbocycles. The van der Waals surface area contributed by atoms with Crippen LogP contribution in [0.4, 0.5) is 11.4 Å². The van der Waals surface area contributed by atoms with E-state index >= 15 is 0 Å². The molecule has 8 heteroatoms. The first-order chi connectivity index (χ1) is 14.0. The third kappa shape index (κ3) is 5.05. The fourth-order valence-corrected chi connectivity index (χ4v) is 4.12. The van der Waals surface area contributed by atoms with E-state index < -0.39 is 4.92 Å². The highest BCUT2D eigenvalue weighted by atomic mass is 16.6. The van der Waals surface area contributed by atoms with Crippen LogP contribution >= 0.6 is 0 Å². The maximum atomic E-state index is 13.0. The summed E-state index contributed by atoms with van der Waals surface area (Å²) in [7, 11) is 0. The van der Waals surface area contributed by atoms with Crippen LogP contribution in [0.2, 0.25) is 0 Å². The number of nitrogens with one attached hydrogen (secondary N) is 1. The van der Waals surface area contributed by atoms with Crippen LogP contribution in [0.15, 0.2) is 18.2 Å². The van der Waals surface area contributed by atoms with Crippen LogP contribution in [0.5, 0.6) is 0 Å². The van der Waals surface area contributed by atoms with Gasteiger partial charge in [0.25, 0.3) is 11.6 Å². The van der Waals surface area contributed by atoms with Gasteiger partial charge < -0.3 is 15.1 Å². The van der Waals surface area contributed by atoms with Gasteiger partial charge in [0.1, 0.15) is 5.69 Å². The third-order valence-corrected chi connectivity index (χ3v) is 5.77. The van der Waals surface area contributed by atoms with Gasteiger partial charge in [-0.15, -0.1) is 0 Å². The molecule has 29 heavy (non-hydrogen) atoms. The number of nitrogens with zero attached hydrogens (tertiary/aromatic N) is 3. The van der Waals surface area contributed by atoms with Crippen LogP contribution in [-0.2, 0) is 4.79 Å². The highest BCUT2D eigenvalue weighted by Crippen LogP contribution is 2.32. The van der Waals surface area contributed by atoms with Gasteiger partial charge in [0, 0.05) is 44.4 Å². The number of carbonyl (C=O) groups is 2. The van der Waals surface area contributed by atoms with Gasteiger partial charge in [0.2, 0.25) is 5.91 Å². The van der Waals surface area contributed by atoms with E-state index in [1.807, 2.05) is 4.90 Å². The minimum Gasteiger partial charge on any atom is -0.366 e. The van der Waals surface area contributed by atoms with Crippen LogP contribution in [0.1, 0.15) is 55.8 Å². The number of nitro benzene ring substituents is 1. The third-order valence-electron chi connectivity index (χ3n) is 5.77. The van der Waals surface area contributed by atoms with Gasteiger partial charge in [0.05, 0.1) is 10.8 Å². The normalized spacial score (nSPS) is 19.3. The molecular formula is C21H30N4O4. The lowest BCUT2D eigenvalue weighted by Gasteiger charge is -2.32. The topological polar surface area (TPSA) is 95.8 Å². The molecule has 0 aromatic heterocycles. The van der Waals surface area contributed by atoms with Gasteiger partial charge in [0.15, 0.2) is 0 Å². The van der Waals surface area contributed by atoms with Gasteiger partial charge >= 0.3 is 0 Å². The Kier molecular flexibility index (Phi) is 7.06. The minimum absolute atomic E-state index is 0.00804. The van der Waals surface area contributed by atoms with Crippen molar-refractivity contribution in [2.45, 2.75) is 45.4 Å². The molecule has 1 unspecified atom stereocenters. The predicted octanol–water partition coefficient (Wildman–Crippen LogP) is 2.96. The standard InChI is InChI=1S/C21H30N4O4/c1-2-3-10-22-20(26)17-7-6-13-24(15-17)21(27)16-8-9-18(19(14-16)25(28)29)23-11-4-5-12-23/h8-9,14,17H,2-7,10-13,15H2,1H3,(H,22,26). The Labute approximate surface area is 171 Å². The highest BCUT2D eigenvalue weighted by Gasteiger charge is 2.30. The van der Waals surface area contributed by atoms with E-state index in [1.165, 1.54) is 6.07 Å². The summed E-state index contributed by atoms with van der Waals surface area (Å²) in [5.41, 5.74) is 0.867. The summed E-state index contributed by atoms with van der Waals surface area (Å²) in [4.78, 5) is 40.2. The summed E-state index contributed by atoms with van der Waals surface area (Å²) >= 11 is 0. The number of amides is 2. The summed E-state index contributed by atoms with van der Waals surface area (Å²) in [5.74, 6) is -0.471. The Balaban J connectivity index is 1.71. The molecule has 2 aliphatic heterocycles. The number of likely N-dealkylation sites (tertiary alicyclic amines) is 1. The lowest BCUT2D eigenvalue weighted by Crippen LogP contribution is -2.45. The number of nitro groups is 1. The fraction of sp³-hybridized carbons (Fsp3) is 0.619. The molecule has 2 amide bonds. The second kappa shape index (κ2) is 9.71. The Hall–Kier alpha value is -2.64. The molecule has 0 spiro atoms. The SMILES string of the molecule is CCCCNC(=O)C1CCCN(C(=O)c2ccc(N3CCCC3)c([N+](=O)[O-])c2)C1. The average molecular weight is 402 g/mol. The molecule has 2 fully saturated rings. The molecule has 1 N–H and O–H groups in total. The molecular weight excluding hydrogens is 372 g/mol. The minimum atomic E-state index is -0.412. The van der Waals surface area contributed by atoms with Crippen LogP contribution < -0.4 is 10.2 Å². The van der Waals surface area contributed by atoms with Crippen molar-refractivity contribution < 1.29 is 14.5 Å². The van der Waals surface area contributed by atoms with E-state index in [1.54, 1.807) is 17.0 Å². The molecule has 0 radical (unpaired) electrons. The summed E-state index contributed by atoms with van der Waals surface area (Å²) < 4.78 is 0. The Bertz CT molecular complexity index is 761. The number of carbonyl (C=O) groups excluding carboxylic acids is 2. The van der Waals surface area contributed by atoms with Crippen LogP contribution in [0, 0.1) is 16.0 Å². The first-order valence-corrected chi connectivity index (χ1v) is 10.6. The van der Waals surface area contributed by atoms with Crippen molar-refractivity contribution in [3.8, 4) is 0 Å². The number of anilines is 1. The zero-order valence-corrected chi connectivity index (χ0v) is 17.1.